The van der Waals surface area contributed by atoms with Crippen LogP contribution in [0.1, 0.15) is 15.2 Å². The fourth-order valence-corrected chi connectivity index (χ4v) is 5.18. The number of methoxy groups -OCH3 is 1. The van der Waals surface area contributed by atoms with Crippen molar-refractivity contribution in [3.63, 3.8) is 0 Å². The molecule has 5 rings (SSSR count). The highest BCUT2D eigenvalue weighted by molar-refractivity contribution is 7.17. The van der Waals surface area contributed by atoms with Crippen LogP contribution >= 0.6 is 22.9 Å². The lowest BCUT2D eigenvalue weighted by Crippen LogP contribution is -2.36. The van der Waals surface area contributed by atoms with Crippen molar-refractivity contribution in [3.05, 3.63) is 80.4 Å². The second-order valence-electron chi connectivity index (χ2n) is 8.29. The van der Waals surface area contributed by atoms with E-state index in [-0.39, 0.29) is 18.0 Å². The summed E-state index contributed by atoms with van der Waals surface area (Å²) in [6, 6.07) is 13.9. The Morgan fingerprint density at radius 1 is 1.16 bits per heavy atom. The minimum absolute atomic E-state index is 0.0698. The number of thiazole rings is 1. The van der Waals surface area contributed by atoms with Gasteiger partial charge in [-0.3, -0.25) is 14.2 Å². The van der Waals surface area contributed by atoms with Gasteiger partial charge in [0.25, 0.3) is 5.91 Å². The van der Waals surface area contributed by atoms with Crippen LogP contribution in [-0.2, 0) is 16.0 Å². The molecule has 1 aliphatic rings. The third-order valence-electron chi connectivity index (χ3n) is 5.97. The van der Waals surface area contributed by atoms with E-state index >= 15 is 0 Å². The molecule has 1 N–H and O–H groups in total. The number of carbonyl (C=O) groups is 2. The minimum atomic E-state index is -1.01. The third-order valence-corrected chi connectivity index (χ3v) is 7.26. The fourth-order valence-electron chi connectivity index (χ4n) is 4.13. The van der Waals surface area contributed by atoms with Gasteiger partial charge in [-0.25, -0.2) is 9.78 Å². The van der Waals surface area contributed by atoms with Crippen LogP contribution < -0.4 is 20.4 Å². The lowest BCUT2D eigenvalue weighted by atomic mass is 10.1. The van der Waals surface area contributed by atoms with Crippen molar-refractivity contribution in [2.45, 2.75) is 6.54 Å². The average Bonchev–Trinajstić information content (AvgIpc) is 3.44. The zero-order valence-corrected chi connectivity index (χ0v) is 21.9. The van der Waals surface area contributed by atoms with Gasteiger partial charge >= 0.3 is 6.16 Å². The molecule has 0 bridgehead atoms. The van der Waals surface area contributed by atoms with Crippen molar-refractivity contribution in [3.8, 4) is 11.6 Å². The molecule has 10 nitrogen and oxygen atoms in total. The summed E-state index contributed by atoms with van der Waals surface area (Å²) in [7, 11) is 1.17. The molecule has 4 aromatic rings. The summed E-state index contributed by atoms with van der Waals surface area (Å²) in [5.41, 5.74) is 0.700. The van der Waals surface area contributed by atoms with Crippen LogP contribution in [0, 0.1) is 0 Å². The van der Waals surface area contributed by atoms with E-state index in [1.807, 2.05) is 18.2 Å². The number of aromatic nitrogens is 2. The number of hydrogen-bond acceptors (Lipinski definition) is 9. The molecule has 0 unspecified atom stereocenters. The van der Waals surface area contributed by atoms with E-state index in [0.29, 0.717) is 52.8 Å². The first-order valence-corrected chi connectivity index (χ1v) is 12.9. The number of fused-ring (bicyclic) bond motifs is 1. The molecule has 12 heteroatoms. The normalized spacial score (nSPS) is 13.4. The van der Waals surface area contributed by atoms with E-state index in [1.165, 1.54) is 24.6 Å². The fraction of sp³-hybridized carbons (Fsp3) is 0.231. The number of nitrogens with zero attached hydrogens (tertiary/aromatic N) is 3. The van der Waals surface area contributed by atoms with E-state index in [0.717, 1.165) is 5.13 Å². The van der Waals surface area contributed by atoms with Gasteiger partial charge in [0.2, 0.25) is 5.88 Å². The van der Waals surface area contributed by atoms with Crippen molar-refractivity contribution in [2.75, 3.05) is 38.3 Å². The standard InChI is InChI=1S/C26H23ClN4O6S/c1-35-26(34)37-24-19(14-28-23(33)21-15-29-25(38-21)30-9-11-36-12-10-30)22(32)18-8-7-16(27)13-20(18)31(24)17-5-3-2-4-6-17/h2-8,13,15H,9-12,14H2,1H3,(H,28,33). The Balaban J connectivity index is 1.54. The van der Waals surface area contributed by atoms with E-state index in [1.54, 1.807) is 34.9 Å². The van der Waals surface area contributed by atoms with Crippen molar-refractivity contribution in [2.24, 2.45) is 0 Å². The molecule has 38 heavy (non-hydrogen) atoms. The van der Waals surface area contributed by atoms with Gasteiger partial charge in [-0.2, -0.15) is 0 Å². The number of ether oxygens (including phenoxy) is 3. The molecule has 0 radical (unpaired) electrons. The second-order valence-corrected chi connectivity index (χ2v) is 9.74. The first-order chi connectivity index (χ1) is 18.5. The molecule has 1 amide bonds. The average molecular weight is 555 g/mol. The Kier molecular flexibility index (Phi) is 7.59. The van der Waals surface area contributed by atoms with E-state index in [9.17, 15) is 14.4 Å². The van der Waals surface area contributed by atoms with Crippen molar-refractivity contribution in [1.29, 1.82) is 0 Å². The second kappa shape index (κ2) is 11.2. The number of benzene rings is 2. The summed E-state index contributed by atoms with van der Waals surface area (Å²) in [5, 5.41) is 4.24. The number of morpholine rings is 1. The monoisotopic (exact) mass is 554 g/mol. The molecular formula is C26H23ClN4O6S. The molecule has 0 saturated carbocycles. The molecule has 3 heterocycles. The number of rotatable bonds is 6. The lowest BCUT2D eigenvalue weighted by molar-refractivity contribution is 0.0954. The number of hydrogen-bond donors (Lipinski definition) is 1. The molecule has 196 valence electrons. The number of amides is 1. The van der Waals surface area contributed by atoms with Gasteiger partial charge in [0, 0.05) is 29.2 Å². The zero-order valence-electron chi connectivity index (χ0n) is 20.3. The molecule has 1 saturated heterocycles. The first-order valence-electron chi connectivity index (χ1n) is 11.7. The third kappa shape index (κ3) is 5.21. The van der Waals surface area contributed by atoms with Gasteiger partial charge in [0.05, 0.1) is 44.1 Å². The van der Waals surface area contributed by atoms with E-state index in [4.69, 9.17) is 25.8 Å². The molecule has 1 fully saturated rings. The zero-order chi connectivity index (χ0) is 26.6. The van der Waals surface area contributed by atoms with Crippen LogP contribution in [0.3, 0.4) is 0 Å². The number of halogens is 1. The van der Waals surface area contributed by atoms with Gasteiger partial charge in [-0.1, -0.05) is 41.1 Å². The van der Waals surface area contributed by atoms with Crippen LogP contribution in [0.5, 0.6) is 5.88 Å². The maximum absolute atomic E-state index is 13.6. The van der Waals surface area contributed by atoms with Gasteiger partial charge in [0.15, 0.2) is 10.6 Å². The molecular weight excluding hydrogens is 532 g/mol. The van der Waals surface area contributed by atoms with Gasteiger partial charge in [0.1, 0.15) is 4.88 Å². The number of nitrogens with one attached hydrogen (secondary N) is 1. The smallest absolute Gasteiger partial charge is 0.437 e. The quantitative estimate of drug-likeness (QED) is 0.356. The van der Waals surface area contributed by atoms with Crippen molar-refractivity contribution in [1.82, 2.24) is 14.9 Å². The maximum Gasteiger partial charge on any atom is 0.514 e. The Bertz CT molecular complexity index is 1550. The van der Waals surface area contributed by atoms with Crippen LogP contribution in [0.25, 0.3) is 16.6 Å². The number of anilines is 1. The number of para-hydroxylation sites is 1. The van der Waals surface area contributed by atoms with Crippen molar-refractivity contribution < 1.29 is 23.8 Å². The summed E-state index contributed by atoms with van der Waals surface area (Å²) in [6.45, 7) is 2.39. The van der Waals surface area contributed by atoms with Gasteiger partial charge in [-0.05, 0) is 30.3 Å². The summed E-state index contributed by atoms with van der Waals surface area (Å²) < 4.78 is 17.2. The Morgan fingerprint density at radius 3 is 2.66 bits per heavy atom. The number of pyridine rings is 1. The summed E-state index contributed by atoms with van der Waals surface area (Å²) in [6.07, 6.45) is 0.488. The highest BCUT2D eigenvalue weighted by Crippen LogP contribution is 2.30. The SMILES string of the molecule is COC(=O)Oc1c(CNC(=O)c2cnc(N3CCOCC3)s2)c(=O)c2ccc(Cl)cc2n1-c1ccccc1. The van der Waals surface area contributed by atoms with E-state index in [2.05, 4.69) is 15.2 Å². The molecule has 0 spiro atoms. The van der Waals surface area contributed by atoms with Gasteiger partial charge in [-0.15, -0.1) is 0 Å². The van der Waals surface area contributed by atoms with E-state index < -0.39 is 17.5 Å². The molecule has 0 atom stereocenters. The van der Waals surface area contributed by atoms with Crippen LogP contribution in [-0.4, -0.2) is 55.0 Å². The summed E-state index contributed by atoms with van der Waals surface area (Å²) >= 11 is 7.52. The first kappa shape index (κ1) is 25.7. The van der Waals surface area contributed by atoms with Crippen LogP contribution in [0.4, 0.5) is 9.93 Å². The topological polar surface area (TPSA) is 112 Å². The molecule has 2 aromatic heterocycles. The Labute approximate surface area is 226 Å². The predicted molar refractivity (Wildman–Crippen MR) is 144 cm³/mol. The minimum Gasteiger partial charge on any atom is -0.437 e. The maximum atomic E-state index is 13.6. The van der Waals surface area contributed by atoms with Crippen LogP contribution in [0.15, 0.2) is 59.5 Å². The number of carbonyl (C=O) groups excluding carboxylic acids is 2. The Morgan fingerprint density at radius 2 is 1.92 bits per heavy atom. The van der Waals surface area contributed by atoms with Gasteiger partial charge < -0.3 is 24.4 Å². The highest BCUT2D eigenvalue weighted by Gasteiger charge is 2.24. The molecule has 1 aliphatic heterocycles. The predicted octanol–water partition coefficient (Wildman–Crippen LogP) is 4.01. The molecule has 2 aromatic carbocycles. The molecule has 0 aliphatic carbocycles. The lowest BCUT2D eigenvalue weighted by Gasteiger charge is -2.25. The van der Waals surface area contributed by atoms with Crippen molar-refractivity contribution >= 4 is 51.0 Å². The summed E-state index contributed by atoms with van der Waals surface area (Å²) in [4.78, 5) is 45.7. The van der Waals surface area contributed by atoms with Crippen LogP contribution in [0.2, 0.25) is 5.02 Å². The summed E-state index contributed by atoms with van der Waals surface area (Å²) in [5.74, 6) is -0.491. The Hall–Kier alpha value is -3.93. The highest BCUT2D eigenvalue weighted by atomic mass is 35.5. The largest absolute Gasteiger partial charge is 0.514 e.